The van der Waals surface area contributed by atoms with Gasteiger partial charge in [0.15, 0.2) is 0 Å². The Kier molecular flexibility index (Phi) is 4.56. The summed E-state index contributed by atoms with van der Waals surface area (Å²) in [5, 5.41) is 0. The molecule has 1 aliphatic rings. The van der Waals surface area contributed by atoms with Crippen LogP contribution in [0.3, 0.4) is 0 Å². The van der Waals surface area contributed by atoms with Gasteiger partial charge in [0.1, 0.15) is 0 Å². The fourth-order valence-electron chi connectivity index (χ4n) is 1.94. The molecule has 15 heavy (non-hydrogen) atoms. The molecule has 1 rings (SSSR count). The van der Waals surface area contributed by atoms with Gasteiger partial charge in [-0.1, -0.05) is 6.92 Å². The van der Waals surface area contributed by atoms with Crippen LogP contribution in [0, 0.1) is 0 Å². The van der Waals surface area contributed by atoms with Crippen molar-refractivity contribution in [2.75, 3.05) is 40.3 Å². The number of likely N-dealkylation sites (N-methyl/N-ethyl adjacent to an activating group) is 1. The van der Waals surface area contributed by atoms with Gasteiger partial charge in [0.25, 0.3) is 0 Å². The first-order valence-electron chi connectivity index (χ1n) is 6.00. The van der Waals surface area contributed by atoms with Crippen molar-refractivity contribution < 1.29 is 4.74 Å². The van der Waals surface area contributed by atoms with Crippen LogP contribution in [0.4, 0.5) is 0 Å². The van der Waals surface area contributed by atoms with Crippen molar-refractivity contribution in [1.82, 2.24) is 9.80 Å². The Morgan fingerprint density at radius 2 is 2.07 bits per heavy atom. The van der Waals surface area contributed by atoms with Crippen LogP contribution in [0.2, 0.25) is 0 Å². The summed E-state index contributed by atoms with van der Waals surface area (Å²) in [5.74, 6) is 0. The molecule has 1 fully saturated rings. The van der Waals surface area contributed by atoms with E-state index in [0.29, 0.717) is 6.10 Å². The highest BCUT2D eigenvalue weighted by Gasteiger charge is 2.35. The highest BCUT2D eigenvalue weighted by Crippen LogP contribution is 2.22. The minimum Gasteiger partial charge on any atom is -0.374 e. The highest BCUT2D eigenvalue weighted by atomic mass is 16.5. The number of hydrogen-bond donors (Lipinski definition) is 0. The lowest BCUT2D eigenvalue weighted by atomic mass is 9.94. The normalized spacial score (nSPS) is 24.8. The Bertz CT molecular complexity index is 190. The fraction of sp³-hybridized carbons (Fsp3) is 1.00. The van der Waals surface area contributed by atoms with E-state index in [1.54, 1.807) is 0 Å². The van der Waals surface area contributed by atoms with E-state index < -0.39 is 0 Å². The van der Waals surface area contributed by atoms with Crippen molar-refractivity contribution in [2.24, 2.45) is 0 Å². The highest BCUT2D eigenvalue weighted by molar-refractivity contribution is 4.90. The van der Waals surface area contributed by atoms with Crippen molar-refractivity contribution in [1.29, 1.82) is 0 Å². The molecule has 90 valence electrons. The average molecular weight is 214 g/mol. The second kappa shape index (κ2) is 5.28. The maximum atomic E-state index is 5.90. The van der Waals surface area contributed by atoms with Gasteiger partial charge in [0.05, 0.1) is 12.7 Å². The van der Waals surface area contributed by atoms with E-state index in [2.05, 4.69) is 44.7 Å². The predicted octanol–water partition coefficient (Wildman–Crippen LogP) is 1.44. The van der Waals surface area contributed by atoms with Gasteiger partial charge in [0, 0.05) is 18.6 Å². The lowest BCUT2D eigenvalue weighted by Gasteiger charge is -2.44. The lowest BCUT2D eigenvalue weighted by molar-refractivity contribution is -0.0928. The predicted molar refractivity (Wildman–Crippen MR) is 64.2 cm³/mol. The van der Waals surface area contributed by atoms with E-state index in [0.717, 1.165) is 19.7 Å². The van der Waals surface area contributed by atoms with Crippen LogP contribution in [0.15, 0.2) is 0 Å². The van der Waals surface area contributed by atoms with E-state index in [1.807, 2.05) is 0 Å². The lowest BCUT2D eigenvalue weighted by Crippen LogP contribution is -2.57. The fourth-order valence-corrected chi connectivity index (χ4v) is 1.94. The Labute approximate surface area is 94.4 Å². The molecule has 0 bridgehead atoms. The molecule has 1 atom stereocenters. The van der Waals surface area contributed by atoms with Crippen LogP contribution in [0.5, 0.6) is 0 Å². The van der Waals surface area contributed by atoms with Crippen LogP contribution in [0.1, 0.15) is 27.2 Å². The molecule has 0 spiro atoms. The smallest absolute Gasteiger partial charge is 0.0880 e. The first-order chi connectivity index (χ1) is 6.98. The Morgan fingerprint density at radius 3 is 2.60 bits per heavy atom. The number of hydrogen-bond acceptors (Lipinski definition) is 3. The number of nitrogens with zero attached hydrogens (tertiary/aromatic N) is 2. The van der Waals surface area contributed by atoms with Gasteiger partial charge in [0.2, 0.25) is 0 Å². The third-order valence-corrected chi connectivity index (χ3v) is 3.63. The maximum Gasteiger partial charge on any atom is 0.0880 e. The van der Waals surface area contributed by atoms with E-state index in [4.69, 9.17) is 4.74 Å². The van der Waals surface area contributed by atoms with Gasteiger partial charge in [-0.15, -0.1) is 0 Å². The topological polar surface area (TPSA) is 15.7 Å². The third kappa shape index (κ3) is 3.16. The molecular formula is C12H26N2O. The van der Waals surface area contributed by atoms with Crippen LogP contribution >= 0.6 is 0 Å². The van der Waals surface area contributed by atoms with Gasteiger partial charge >= 0.3 is 0 Å². The summed E-state index contributed by atoms with van der Waals surface area (Å²) in [7, 11) is 4.25. The second-order valence-electron chi connectivity index (χ2n) is 5.21. The molecule has 3 nitrogen and oxygen atoms in total. The molecule has 0 aromatic heterocycles. The molecule has 0 aromatic carbocycles. The molecule has 1 aliphatic heterocycles. The molecule has 0 aromatic rings. The molecule has 0 N–H and O–H groups in total. The molecule has 0 saturated carbocycles. The van der Waals surface area contributed by atoms with Crippen LogP contribution < -0.4 is 0 Å². The molecule has 0 radical (unpaired) electrons. The number of morpholine rings is 1. The number of ether oxygens (including phenoxy) is 1. The molecule has 1 heterocycles. The molecule has 3 heteroatoms. The maximum absolute atomic E-state index is 5.90. The second-order valence-corrected chi connectivity index (χ2v) is 5.21. The third-order valence-electron chi connectivity index (χ3n) is 3.63. The van der Waals surface area contributed by atoms with Crippen molar-refractivity contribution in [2.45, 2.75) is 38.8 Å². The zero-order chi connectivity index (χ0) is 11.5. The van der Waals surface area contributed by atoms with Crippen LogP contribution in [-0.2, 0) is 4.74 Å². The van der Waals surface area contributed by atoms with Gasteiger partial charge in [-0.25, -0.2) is 0 Å². The van der Waals surface area contributed by atoms with Gasteiger partial charge in [-0.3, -0.25) is 4.90 Å². The minimum atomic E-state index is 0.117. The van der Waals surface area contributed by atoms with Crippen molar-refractivity contribution in [3.8, 4) is 0 Å². The van der Waals surface area contributed by atoms with E-state index in [-0.39, 0.29) is 5.54 Å². The zero-order valence-corrected chi connectivity index (χ0v) is 10.9. The minimum absolute atomic E-state index is 0.117. The monoisotopic (exact) mass is 214 g/mol. The van der Waals surface area contributed by atoms with Gasteiger partial charge in [-0.05, 0) is 40.9 Å². The average Bonchev–Trinajstić information content (AvgIpc) is 2.18. The largest absolute Gasteiger partial charge is 0.374 e. The SMILES string of the molecule is CCCN1CCOC(C(C)(C)N(C)C)C1. The van der Waals surface area contributed by atoms with E-state index >= 15 is 0 Å². The molecular weight excluding hydrogens is 188 g/mol. The first-order valence-corrected chi connectivity index (χ1v) is 6.00. The summed E-state index contributed by atoms with van der Waals surface area (Å²) >= 11 is 0. The van der Waals surface area contributed by atoms with Crippen LogP contribution in [0.25, 0.3) is 0 Å². The Morgan fingerprint density at radius 1 is 1.40 bits per heavy atom. The molecule has 1 unspecified atom stereocenters. The van der Waals surface area contributed by atoms with E-state index in [1.165, 1.54) is 13.0 Å². The molecule has 0 aliphatic carbocycles. The van der Waals surface area contributed by atoms with Gasteiger partial charge < -0.3 is 9.64 Å². The quantitative estimate of drug-likeness (QED) is 0.704. The van der Waals surface area contributed by atoms with Gasteiger partial charge in [-0.2, -0.15) is 0 Å². The number of rotatable bonds is 4. The summed E-state index contributed by atoms with van der Waals surface area (Å²) in [4.78, 5) is 4.77. The summed E-state index contributed by atoms with van der Waals surface area (Å²) in [5.41, 5.74) is 0.117. The Hall–Kier alpha value is -0.120. The molecule has 1 saturated heterocycles. The standard InChI is InChI=1S/C12H26N2O/c1-6-7-14-8-9-15-11(10-14)12(2,3)13(4)5/h11H,6-10H2,1-5H3. The Balaban J connectivity index is 2.55. The van der Waals surface area contributed by atoms with Crippen molar-refractivity contribution in [3.05, 3.63) is 0 Å². The van der Waals surface area contributed by atoms with E-state index in [9.17, 15) is 0 Å². The summed E-state index contributed by atoms with van der Waals surface area (Å²) in [6.07, 6.45) is 1.56. The van der Waals surface area contributed by atoms with Crippen LogP contribution in [-0.4, -0.2) is 61.8 Å². The van der Waals surface area contributed by atoms with Crippen molar-refractivity contribution >= 4 is 0 Å². The summed E-state index contributed by atoms with van der Waals surface area (Å²) < 4.78 is 5.90. The molecule has 0 amide bonds. The zero-order valence-electron chi connectivity index (χ0n) is 10.9. The van der Waals surface area contributed by atoms with Crippen molar-refractivity contribution in [3.63, 3.8) is 0 Å². The summed E-state index contributed by atoms with van der Waals surface area (Å²) in [6, 6.07) is 0. The first kappa shape index (κ1) is 12.9. The summed E-state index contributed by atoms with van der Waals surface area (Å²) in [6.45, 7) is 11.0.